The lowest BCUT2D eigenvalue weighted by atomic mass is 10.0. The molecule has 1 aromatic heterocycles. The van der Waals surface area contributed by atoms with Crippen molar-refractivity contribution >= 4 is 46.2 Å². The molecule has 1 aliphatic rings. The molecule has 8 heteroatoms. The third-order valence-electron chi connectivity index (χ3n) is 5.24. The van der Waals surface area contributed by atoms with Crippen LogP contribution in [0.1, 0.15) is 28.9 Å². The number of amides is 4. The Morgan fingerprint density at radius 2 is 1.44 bits per heavy atom. The molecule has 0 unspecified atom stereocenters. The summed E-state index contributed by atoms with van der Waals surface area (Å²) in [6.07, 6.45) is 2.44. The molecule has 2 heterocycles. The van der Waals surface area contributed by atoms with Crippen molar-refractivity contribution in [3.05, 3.63) is 77.0 Å². The number of para-hydroxylation sites is 1. The number of urea groups is 1. The van der Waals surface area contributed by atoms with Gasteiger partial charge in [0.25, 0.3) is 5.91 Å². The number of benzene rings is 2. The molecule has 4 amide bonds. The minimum Gasteiger partial charge on any atom is -0.326 e. The van der Waals surface area contributed by atoms with E-state index in [-0.39, 0.29) is 17.8 Å². The topological polar surface area (TPSA) is 90.5 Å². The minimum absolute atomic E-state index is 0.0937. The number of anilines is 3. The van der Waals surface area contributed by atoms with E-state index in [1.54, 1.807) is 47.4 Å². The molecule has 7 nitrogen and oxygen atoms in total. The van der Waals surface area contributed by atoms with Gasteiger partial charge in [0.2, 0.25) is 5.91 Å². The standard InChI is InChI=1S/C24H24N4O3S/c29-22(20-9-4-5-15-28(20)23(30)21-10-6-16-32-21)25-18-11-13-19(14-12-18)27-24(31)26-17-7-2-1-3-8-17/h1-3,6-8,10-14,16,20H,4-5,9,15H2,(H,25,29)(H2,26,27,31)/t20-/m0/s1. The number of likely N-dealkylation sites (tertiary alicyclic amines) is 1. The van der Waals surface area contributed by atoms with Gasteiger partial charge in [-0.1, -0.05) is 24.3 Å². The first-order valence-corrected chi connectivity index (χ1v) is 11.4. The lowest BCUT2D eigenvalue weighted by Crippen LogP contribution is -2.49. The molecule has 1 fully saturated rings. The van der Waals surface area contributed by atoms with Crippen molar-refractivity contribution in [2.24, 2.45) is 0 Å². The maximum atomic E-state index is 12.9. The van der Waals surface area contributed by atoms with Crippen molar-refractivity contribution in [3.63, 3.8) is 0 Å². The predicted molar refractivity (Wildman–Crippen MR) is 127 cm³/mol. The van der Waals surface area contributed by atoms with Gasteiger partial charge in [0, 0.05) is 23.6 Å². The van der Waals surface area contributed by atoms with Crippen molar-refractivity contribution in [1.29, 1.82) is 0 Å². The second-order valence-electron chi connectivity index (χ2n) is 7.50. The maximum absolute atomic E-state index is 12.9. The summed E-state index contributed by atoms with van der Waals surface area (Å²) >= 11 is 1.39. The molecule has 0 spiro atoms. The summed E-state index contributed by atoms with van der Waals surface area (Å²) in [7, 11) is 0. The average Bonchev–Trinajstić information content (AvgIpc) is 3.35. The van der Waals surface area contributed by atoms with Gasteiger partial charge in [0.1, 0.15) is 6.04 Å². The number of piperidine rings is 1. The zero-order chi connectivity index (χ0) is 22.3. The smallest absolute Gasteiger partial charge is 0.323 e. The van der Waals surface area contributed by atoms with Crippen LogP contribution in [-0.4, -0.2) is 35.3 Å². The average molecular weight is 449 g/mol. The van der Waals surface area contributed by atoms with Crippen LogP contribution in [0.2, 0.25) is 0 Å². The summed E-state index contributed by atoms with van der Waals surface area (Å²) in [6, 6.07) is 18.8. The number of nitrogens with zero attached hydrogens (tertiary/aromatic N) is 1. The second kappa shape index (κ2) is 10.1. The van der Waals surface area contributed by atoms with Crippen LogP contribution in [0.3, 0.4) is 0 Å². The van der Waals surface area contributed by atoms with E-state index in [0.717, 1.165) is 12.8 Å². The van der Waals surface area contributed by atoms with Crippen LogP contribution in [0.15, 0.2) is 72.1 Å². The molecule has 4 rings (SSSR count). The predicted octanol–water partition coefficient (Wildman–Crippen LogP) is 5.03. The third-order valence-corrected chi connectivity index (χ3v) is 6.10. The largest absolute Gasteiger partial charge is 0.326 e. The van der Waals surface area contributed by atoms with Crippen LogP contribution in [0.5, 0.6) is 0 Å². The molecule has 164 valence electrons. The second-order valence-corrected chi connectivity index (χ2v) is 8.45. The lowest BCUT2D eigenvalue weighted by Gasteiger charge is -2.34. The van der Waals surface area contributed by atoms with Gasteiger partial charge in [-0.2, -0.15) is 0 Å². The van der Waals surface area contributed by atoms with Crippen molar-refractivity contribution in [3.8, 4) is 0 Å². The van der Waals surface area contributed by atoms with E-state index < -0.39 is 6.04 Å². The van der Waals surface area contributed by atoms with Gasteiger partial charge in [-0.05, 0) is 67.1 Å². The highest BCUT2D eigenvalue weighted by Gasteiger charge is 2.33. The zero-order valence-corrected chi connectivity index (χ0v) is 18.2. The van der Waals surface area contributed by atoms with Gasteiger partial charge < -0.3 is 20.9 Å². The SMILES string of the molecule is O=C(Nc1ccccc1)Nc1ccc(NC(=O)[C@@H]2CCCCN2C(=O)c2cccs2)cc1. The highest BCUT2D eigenvalue weighted by atomic mass is 32.1. The van der Waals surface area contributed by atoms with Crippen molar-refractivity contribution < 1.29 is 14.4 Å². The molecule has 3 aromatic rings. The van der Waals surface area contributed by atoms with Crippen LogP contribution in [0, 0.1) is 0 Å². The highest BCUT2D eigenvalue weighted by Crippen LogP contribution is 2.23. The van der Waals surface area contributed by atoms with Gasteiger partial charge in [0.05, 0.1) is 4.88 Å². The fraction of sp³-hybridized carbons (Fsp3) is 0.208. The van der Waals surface area contributed by atoms with Crippen LogP contribution in [0.4, 0.5) is 21.9 Å². The van der Waals surface area contributed by atoms with Crippen LogP contribution in [-0.2, 0) is 4.79 Å². The van der Waals surface area contributed by atoms with E-state index in [9.17, 15) is 14.4 Å². The summed E-state index contributed by atoms with van der Waals surface area (Å²) in [5, 5.41) is 10.3. The number of thiophene rings is 1. The number of hydrogen-bond acceptors (Lipinski definition) is 4. The van der Waals surface area contributed by atoms with Crippen LogP contribution < -0.4 is 16.0 Å². The molecule has 1 saturated heterocycles. The lowest BCUT2D eigenvalue weighted by molar-refractivity contribution is -0.121. The van der Waals surface area contributed by atoms with Gasteiger partial charge in [-0.25, -0.2) is 4.79 Å². The molecule has 3 N–H and O–H groups in total. The fourth-order valence-electron chi connectivity index (χ4n) is 3.67. The van der Waals surface area contributed by atoms with E-state index in [0.29, 0.717) is 34.9 Å². The molecular formula is C24H24N4O3S. The van der Waals surface area contributed by atoms with E-state index in [1.165, 1.54) is 11.3 Å². The Kier molecular flexibility index (Phi) is 6.81. The molecule has 32 heavy (non-hydrogen) atoms. The summed E-state index contributed by atoms with van der Waals surface area (Å²) in [5.74, 6) is -0.291. The summed E-state index contributed by atoms with van der Waals surface area (Å²) in [5.41, 5.74) is 1.91. The number of hydrogen-bond donors (Lipinski definition) is 3. The number of nitrogens with one attached hydrogen (secondary N) is 3. The normalized spacial score (nSPS) is 15.6. The van der Waals surface area contributed by atoms with Crippen molar-refractivity contribution in [1.82, 2.24) is 4.90 Å². The Morgan fingerprint density at radius 3 is 2.09 bits per heavy atom. The van der Waals surface area contributed by atoms with Crippen LogP contribution in [0.25, 0.3) is 0 Å². The molecule has 2 aromatic carbocycles. The van der Waals surface area contributed by atoms with Gasteiger partial charge in [-0.15, -0.1) is 11.3 Å². The molecular weight excluding hydrogens is 424 g/mol. The minimum atomic E-state index is -0.493. The fourth-order valence-corrected chi connectivity index (χ4v) is 4.35. The third kappa shape index (κ3) is 5.33. The van der Waals surface area contributed by atoms with Crippen LogP contribution >= 0.6 is 11.3 Å². The molecule has 0 aliphatic carbocycles. The molecule has 1 atom stereocenters. The van der Waals surface area contributed by atoms with Crippen molar-refractivity contribution in [2.45, 2.75) is 25.3 Å². The van der Waals surface area contributed by atoms with Gasteiger partial charge >= 0.3 is 6.03 Å². The Labute approximate surface area is 190 Å². The van der Waals surface area contributed by atoms with Gasteiger partial charge in [-0.3, -0.25) is 9.59 Å². The summed E-state index contributed by atoms with van der Waals surface area (Å²) in [6.45, 7) is 0.578. The molecule has 0 bridgehead atoms. The quantitative estimate of drug-likeness (QED) is 0.512. The first kappa shape index (κ1) is 21.6. The number of carbonyl (C=O) groups is 3. The monoisotopic (exact) mass is 448 g/mol. The van der Waals surface area contributed by atoms with E-state index in [1.807, 2.05) is 29.6 Å². The highest BCUT2D eigenvalue weighted by molar-refractivity contribution is 7.12. The molecule has 0 saturated carbocycles. The molecule has 1 aliphatic heterocycles. The zero-order valence-electron chi connectivity index (χ0n) is 17.4. The number of rotatable bonds is 5. The molecule has 0 radical (unpaired) electrons. The Bertz CT molecular complexity index is 1070. The summed E-state index contributed by atoms with van der Waals surface area (Å²) < 4.78 is 0. The maximum Gasteiger partial charge on any atom is 0.323 e. The van der Waals surface area contributed by atoms with E-state index in [2.05, 4.69) is 16.0 Å². The number of carbonyl (C=O) groups excluding carboxylic acids is 3. The van der Waals surface area contributed by atoms with Gasteiger partial charge in [0.15, 0.2) is 0 Å². The Balaban J connectivity index is 1.35. The Morgan fingerprint density at radius 1 is 0.781 bits per heavy atom. The first-order chi connectivity index (χ1) is 15.6. The summed E-state index contributed by atoms with van der Waals surface area (Å²) in [4.78, 5) is 40.2. The Hall–Kier alpha value is -3.65. The first-order valence-electron chi connectivity index (χ1n) is 10.5. The van der Waals surface area contributed by atoms with E-state index in [4.69, 9.17) is 0 Å². The van der Waals surface area contributed by atoms with Crippen molar-refractivity contribution in [2.75, 3.05) is 22.5 Å². The van der Waals surface area contributed by atoms with E-state index >= 15 is 0 Å².